The van der Waals surface area contributed by atoms with Gasteiger partial charge in [0.1, 0.15) is 4.90 Å². The third-order valence-electron chi connectivity index (χ3n) is 3.47. The molecule has 0 heterocycles. The minimum atomic E-state index is -10.2. The summed E-state index contributed by atoms with van der Waals surface area (Å²) >= 11 is 0. The Morgan fingerprint density at radius 1 is 0.897 bits per heavy atom. The number of nitrogens with one attached hydrogen (secondary N) is 1. The van der Waals surface area contributed by atoms with Crippen LogP contribution in [0.15, 0.2) is 57.2 Å². The van der Waals surface area contributed by atoms with Gasteiger partial charge in [-0.25, -0.2) is 21.6 Å². The molecule has 162 valence electrons. The number of aromatic carboxylic acids is 1. The van der Waals surface area contributed by atoms with E-state index in [9.17, 15) is 41.1 Å². The maximum Gasteiger partial charge on any atom is 0.337 e. The van der Waals surface area contributed by atoms with Crippen molar-refractivity contribution in [2.24, 2.45) is 0 Å². The van der Waals surface area contributed by atoms with Crippen LogP contribution in [-0.4, -0.2) is 34.2 Å². The van der Waals surface area contributed by atoms with Crippen molar-refractivity contribution in [2.45, 2.75) is 14.7 Å². The number of carbonyl (C=O) groups is 1. The summed E-state index contributed by atoms with van der Waals surface area (Å²) in [6, 6.07) is 3.11. The highest BCUT2D eigenvalue weighted by Crippen LogP contribution is 3.02. The van der Waals surface area contributed by atoms with Crippen LogP contribution in [0.25, 0.3) is 0 Å². The Hall–Kier alpha value is -2.39. The largest absolute Gasteiger partial charge is 0.478 e. The van der Waals surface area contributed by atoms with E-state index in [4.69, 9.17) is 5.11 Å². The van der Waals surface area contributed by atoms with Crippen molar-refractivity contribution in [3.8, 4) is 0 Å². The SMILES string of the molecule is CS(=O)(=O)c1ccc(S(=O)(=O)Nc2cc(S(F)(F)(F)(F)F)ccc2C(=O)O)cc1. The Morgan fingerprint density at radius 3 is 1.79 bits per heavy atom. The van der Waals surface area contributed by atoms with Gasteiger partial charge in [-0.3, -0.25) is 4.72 Å². The number of sulfone groups is 1. The van der Waals surface area contributed by atoms with E-state index in [1.54, 1.807) is 0 Å². The van der Waals surface area contributed by atoms with Crippen molar-refractivity contribution in [1.29, 1.82) is 0 Å². The predicted octanol–water partition coefficient (Wildman–Crippen LogP) is 4.25. The molecule has 0 aromatic heterocycles. The number of sulfonamides is 1. The lowest BCUT2D eigenvalue weighted by Gasteiger charge is -2.40. The Labute approximate surface area is 161 Å². The van der Waals surface area contributed by atoms with Gasteiger partial charge in [-0.2, -0.15) is 0 Å². The molecule has 0 atom stereocenters. The van der Waals surface area contributed by atoms with Gasteiger partial charge in [0.05, 0.1) is 21.0 Å². The van der Waals surface area contributed by atoms with Crippen LogP contribution in [0.2, 0.25) is 0 Å². The first-order valence-corrected chi connectivity index (χ1v) is 12.5. The van der Waals surface area contributed by atoms with Gasteiger partial charge in [-0.05, 0) is 42.5 Å². The molecule has 29 heavy (non-hydrogen) atoms. The summed E-state index contributed by atoms with van der Waals surface area (Å²) in [6.07, 6.45) is 0.847. The lowest BCUT2D eigenvalue weighted by Crippen LogP contribution is -2.17. The minimum absolute atomic E-state index is 0.163. The van der Waals surface area contributed by atoms with Crippen LogP contribution in [0.5, 0.6) is 0 Å². The van der Waals surface area contributed by atoms with Crippen LogP contribution in [0.1, 0.15) is 10.4 Å². The zero-order valence-electron chi connectivity index (χ0n) is 14.1. The summed E-state index contributed by atoms with van der Waals surface area (Å²) in [5, 5.41) is 9.02. The van der Waals surface area contributed by atoms with Gasteiger partial charge in [0, 0.05) is 6.26 Å². The van der Waals surface area contributed by atoms with Gasteiger partial charge >= 0.3 is 16.2 Å². The summed E-state index contributed by atoms with van der Waals surface area (Å²) in [5.41, 5.74) is -2.25. The van der Waals surface area contributed by atoms with Crippen molar-refractivity contribution < 1.29 is 46.2 Å². The van der Waals surface area contributed by atoms with Crippen LogP contribution in [-0.2, 0) is 19.9 Å². The van der Waals surface area contributed by atoms with E-state index in [-0.39, 0.29) is 23.1 Å². The van der Waals surface area contributed by atoms with Crippen LogP contribution in [0.3, 0.4) is 0 Å². The lowest BCUT2D eigenvalue weighted by molar-refractivity contribution is 0.0697. The van der Waals surface area contributed by atoms with Gasteiger partial charge in [0.2, 0.25) is 0 Å². The van der Waals surface area contributed by atoms with E-state index in [0.717, 1.165) is 30.5 Å². The fourth-order valence-corrected chi connectivity index (χ4v) is 4.47. The van der Waals surface area contributed by atoms with Crippen molar-refractivity contribution in [3.63, 3.8) is 0 Å². The highest BCUT2D eigenvalue weighted by molar-refractivity contribution is 8.45. The smallest absolute Gasteiger partial charge is 0.337 e. The molecular weight excluding hydrogens is 469 g/mol. The van der Waals surface area contributed by atoms with E-state index in [1.807, 2.05) is 0 Å². The Kier molecular flexibility index (Phi) is 4.78. The molecule has 0 saturated carbocycles. The predicted molar refractivity (Wildman–Crippen MR) is 95.2 cm³/mol. The fraction of sp³-hybridized carbons (Fsp3) is 0.0714. The minimum Gasteiger partial charge on any atom is -0.478 e. The molecule has 0 saturated heterocycles. The van der Waals surface area contributed by atoms with E-state index in [1.165, 1.54) is 4.72 Å². The average Bonchev–Trinajstić information content (AvgIpc) is 2.51. The zero-order chi connectivity index (χ0) is 22.5. The second-order valence-corrected chi connectivity index (χ2v) is 11.9. The third kappa shape index (κ3) is 5.36. The fourth-order valence-electron chi connectivity index (χ4n) is 2.10. The molecule has 15 heteroatoms. The normalized spacial score (nSPS) is 15.2. The van der Waals surface area contributed by atoms with Crippen LogP contribution >= 0.6 is 10.2 Å². The molecule has 2 aromatic rings. The molecule has 0 spiro atoms. The van der Waals surface area contributed by atoms with Crippen LogP contribution < -0.4 is 4.72 Å². The topological polar surface area (TPSA) is 118 Å². The molecule has 0 aliphatic carbocycles. The van der Waals surface area contributed by atoms with Gasteiger partial charge in [-0.15, -0.1) is 0 Å². The molecule has 0 aliphatic rings. The molecule has 7 nitrogen and oxygen atoms in total. The molecule has 0 radical (unpaired) electrons. The Balaban J connectivity index is 2.58. The number of rotatable bonds is 6. The van der Waals surface area contributed by atoms with Crippen LogP contribution in [0, 0.1) is 0 Å². The molecular formula is C14H12F5NO6S3. The number of hydrogen-bond acceptors (Lipinski definition) is 5. The first kappa shape index (κ1) is 22.9. The second-order valence-electron chi connectivity index (χ2n) is 5.83. The van der Waals surface area contributed by atoms with Crippen LogP contribution in [0.4, 0.5) is 25.1 Å². The number of carboxylic acid groups (broad SMARTS) is 1. The first-order chi connectivity index (χ1) is 12.7. The quantitative estimate of drug-likeness (QED) is 0.596. The molecule has 2 rings (SSSR count). The third-order valence-corrected chi connectivity index (χ3v) is 7.13. The number of hydrogen-bond donors (Lipinski definition) is 2. The lowest BCUT2D eigenvalue weighted by atomic mass is 10.2. The zero-order valence-corrected chi connectivity index (χ0v) is 16.6. The molecule has 0 aliphatic heterocycles. The van der Waals surface area contributed by atoms with E-state index >= 15 is 0 Å². The molecule has 2 aromatic carbocycles. The van der Waals surface area contributed by atoms with E-state index in [0.29, 0.717) is 0 Å². The van der Waals surface area contributed by atoms with E-state index < -0.39 is 57.1 Å². The Bertz CT molecular complexity index is 1210. The molecule has 2 N–H and O–H groups in total. The average molecular weight is 481 g/mol. The van der Waals surface area contributed by atoms with Crippen molar-refractivity contribution in [1.82, 2.24) is 0 Å². The van der Waals surface area contributed by atoms with Gasteiger partial charge in [0.25, 0.3) is 10.0 Å². The number of benzene rings is 2. The van der Waals surface area contributed by atoms with Crippen molar-refractivity contribution in [2.75, 3.05) is 11.0 Å². The standard InChI is InChI=1S/C14H12F5NO6S3/c1-27(23,24)9-2-4-10(5-3-9)28(25,26)20-13-8-11(29(15,16,17,18)19)6-7-12(13)14(21)22/h2-8,20H,1H3,(H,21,22). The first-order valence-electron chi connectivity index (χ1n) is 7.15. The maximum absolute atomic E-state index is 13.0. The van der Waals surface area contributed by atoms with Crippen molar-refractivity contribution >= 4 is 41.7 Å². The molecule has 0 bridgehead atoms. The van der Waals surface area contributed by atoms with Gasteiger partial charge in [0.15, 0.2) is 9.84 Å². The van der Waals surface area contributed by atoms with Gasteiger partial charge in [-0.1, -0.05) is 19.4 Å². The van der Waals surface area contributed by atoms with Crippen molar-refractivity contribution in [3.05, 3.63) is 48.0 Å². The highest BCUT2D eigenvalue weighted by Gasteiger charge is 2.65. The molecule has 0 amide bonds. The number of carboxylic acids is 1. The van der Waals surface area contributed by atoms with E-state index in [2.05, 4.69) is 0 Å². The monoisotopic (exact) mass is 481 g/mol. The number of anilines is 1. The Morgan fingerprint density at radius 2 is 1.38 bits per heavy atom. The summed E-state index contributed by atoms with van der Waals surface area (Å²) in [6.45, 7) is 0. The second kappa shape index (κ2) is 6.06. The summed E-state index contributed by atoms with van der Waals surface area (Å²) in [4.78, 5) is 7.77. The molecule has 0 unspecified atom stereocenters. The number of halogens is 5. The maximum atomic E-state index is 13.0. The van der Waals surface area contributed by atoms with Gasteiger partial charge < -0.3 is 5.11 Å². The highest BCUT2D eigenvalue weighted by atomic mass is 32.5. The molecule has 0 fully saturated rings. The summed E-state index contributed by atoms with van der Waals surface area (Å²) in [5.74, 6) is -1.87. The summed E-state index contributed by atoms with van der Waals surface area (Å²) in [7, 11) is -18.6. The summed E-state index contributed by atoms with van der Waals surface area (Å²) < 4.78 is 114.